The van der Waals surface area contributed by atoms with Crippen molar-refractivity contribution in [3.63, 3.8) is 0 Å². The Bertz CT molecular complexity index is 573. The van der Waals surface area contributed by atoms with E-state index in [-0.39, 0.29) is 11.3 Å². The summed E-state index contributed by atoms with van der Waals surface area (Å²) in [6.45, 7) is 9.99. The largest absolute Gasteiger partial charge is 0.351 e. The van der Waals surface area contributed by atoms with E-state index in [4.69, 9.17) is 0 Å². The number of amides is 1. The van der Waals surface area contributed by atoms with E-state index in [2.05, 4.69) is 55.8 Å². The van der Waals surface area contributed by atoms with Crippen molar-refractivity contribution in [2.24, 2.45) is 0 Å². The lowest BCUT2D eigenvalue weighted by Crippen LogP contribution is -2.34. The summed E-state index contributed by atoms with van der Waals surface area (Å²) < 4.78 is 2.16. The molecule has 0 saturated carbocycles. The number of fused-ring (bicyclic) bond motifs is 1. The molecule has 0 radical (unpaired) electrons. The van der Waals surface area contributed by atoms with E-state index in [1.807, 2.05) is 6.07 Å². The average molecular weight is 301 g/mol. The van der Waals surface area contributed by atoms with Crippen LogP contribution in [0.2, 0.25) is 0 Å². The van der Waals surface area contributed by atoms with E-state index in [0.717, 1.165) is 13.0 Å². The summed E-state index contributed by atoms with van der Waals surface area (Å²) in [7, 11) is 0. The molecule has 0 fully saturated rings. The number of nitrogens with zero attached hydrogens (tertiary/aromatic N) is 1. The molecule has 1 aliphatic rings. The fourth-order valence-corrected chi connectivity index (χ4v) is 3.13. The number of benzene rings is 1. The van der Waals surface area contributed by atoms with Crippen LogP contribution in [-0.4, -0.2) is 29.3 Å². The Morgan fingerprint density at radius 1 is 1.18 bits per heavy atom. The van der Waals surface area contributed by atoms with Gasteiger partial charge in [-0.1, -0.05) is 44.4 Å². The predicted octanol–water partition coefficient (Wildman–Crippen LogP) is 3.78. The van der Waals surface area contributed by atoms with Crippen LogP contribution in [0, 0.1) is 0 Å². The minimum Gasteiger partial charge on any atom is -0.351 e. The topological polar surface area (TPSA) is 32.1 Å². The third-order valence-corrected chi connectivity index (χ3v) is 4.83. The van der Waals surface area contributed by atoms with Crippen LogP contribution < -0.4 is 5.32 Å². The van der Waals surface area contributed by atoms with Gasteiger partial charge in [-0.3, -0.25) is 4.79 Å². The first kappa shape index (κ1) is 16.7. The molecule has 1 N–H and O–H groups in total. The van der Waals surface area contributed by atoms with Gasteiger partial charge in [0.05, 0.1) is 5.41 Å². The van der Waals surface area contributed by atoms with Crippen LogP contribution in [0.15, 0.2) is 24.3 Å². The number of carbonyl (C=O) groups is 1. The summed E-state index contributed by atoms with van der Waals surface area (Å²) in [5.41, 5.74) is 3.72. The summed E-state index contributed by atoms with van der Waals surface area (Å²) in [5.74, 6) is 0.114. The number of nitrogens with one attached hydrogen (secondary N) is 1. The number of carbonyl (C=O) groups excluding carboxylic acids is 1. The lowest BCUT2D eigenvalue weighted by Gasteiger charge is -2.14. The van der Waals surface area contributed by atoms with Crippen LogP contribution in [0.3, 0.4) is 0 Å². The molecule has 3 heteroatoms. The molecule has 120 valence electrons. The van der Waals surface area contributed by atoms with E-state index in [0.29, 0.717) is 6.54 Å². The van der Waals surface area contributed by atoms with Crippen molar-refractivity contribution in [1.29, 1.82) is 0 Å². The molecule has 0 unspecified atom stereocenters. The summed E-state index contributed by atoms with van der Waals surface area (Å²) in [5, 5.41) is 3.05. The molecule has 0 saturated heterocycles. The first-order valence-corrected chi connectivity index (χ1v) is 8.46. The number of hydrogen-bond acceptors (Lipinski definition) is 1. The highest BCUT2D eigenvalue weighted by atomic mass is 16.1. The lowest BCUT2D eigenvalue weighted by atomic mass is 9.82. The summed E-state index contributed by atoms with van der Waals surface area (Å²) in [6.07, 6.45) is 4.74. The average Bonchev–Trinajstić information content (AvgIpc) is 2.69. The fourth-order valence-electron chi connectivity index (χ4n) is 3.13. The van der Waals surface area contributed by atoms with Gasteiger partial charge >= 0.3 is 0 Å². The molecular weight excluding hydrogens is 272 g/mol. The molecule has 3 nitrogen and oxygen atoms in total. The molecule has 0 spiro atoms. The van der Waals surface area contributed by atoms with Gasteiger partial charge in [0, 0.05) is 25.1 Å². The zero-order chi connectivity index (χ0) is 16.2. The van der Waals surface area contributed by atoms with Crippen LogP contribution in [0.25, 0.3) is 0 Å². The highest BCUT2D eigenvalue weighted by Gasteiger charge is 2.43. The molecule has 2 rings (SSSR count). The van der Waals surface area contributed by atoms with Crippen molar-refractivity contribution in [2.75, 3.05) is 13.1 Å². The van der Waals surface area contributed by atoms with Crippen LogP contribution in [0.5, 0.6) is 0 Å². The third-order valence-electron chi connectivity index (χ3n) is 4.83. The van der Waals surface area contributed by atoms with Crippen molar-refractivity contribution < 1.29 is 9.37 Å². The predicted molar refractivity (Wildman–Crippen MR) is 92.1 cm³/mol. The van der Waals surface area contributed by atoms with Crippen LogP contribution in [0.1, 0.15) is 58.9 Å². The highest BCUT2D eigenvalue weighted by Crippen LogP contribution is 2.38. The number of para-hydroxylation sites is 1. The Kier molecular flexibility index (Phi) is 5.38. The molecular formula is C19H29N2O+. The Morgan fingerprint density at radius 3 is 2.64 bits per heavy atom. The zero-order valence-electron chi connectivity index (χ0n) is 14.4. The van der Waals surface area contributed by atoms with Crippen LogP contribution in [0.4, 0.5) is 5.69 Å². The fraction of sp³-hybridized carbons (Fsp3) is 0.579. The lowest BCUT2D eigenvalue weighted by molar-refractivity contribution is -0.426. The molecule has 0 atom stereocenters. The second kappa shape index (κ2) is 7.08. The van der Waals surface area contributed by atoms with Crippen molar-refractivity contribution in [1.82, 2.24) is 5.32 Å². The number of unbranched alkanes of at least 4 members (excludes halogenated alkanes) is 3. The van der Waals surface area contributed by atoms with Gasteiger partial charge in [-0.2, -0.15) is 4.58 Å². The Morgan fingerprint density at radius 2 is 1.91 bits per heavy atom. The highest BCUT2D eigenvalue weighted by molar-refractivity contribution is 5.94. The van der Waals surface area contributed by atoms with Crippen molar-refractivity contribution in [2.45, 2.75) is 58.8 Å². The monoisotopic (exact) mass is 301 g/mol. The minimum absolute atomic E-state index is 0.00198. The Balaban J connectivity index is 2.00. The second-order valence-electron chi connectivity index (χ2n) is 6.72. The maximum Gasteiger partial charge on any atom is 0.286 e. The van der Waals surface area contributed by atoms with Gasteiger partial charge in [-0.25, -0.2) is 0 Å². The molecule has 0 aromatic heterocycles. The standard InChI is InChI=1S/C19H28N2O/c1-5-6-7-10-13-20-18(22)14-21-15(2)19(3,4)16-11-8-9-12-17(16)21/h8-9,11-12H,5-7,10,13-14H2,1-4H3/p+1. The van der Waals surface area contributed by atoms with E-state index in [9.17, 15) is 4.79 Å². The maximum atomic E-state index is 12.2. The molecule has 0 aliphatic carbocycles. The number of rotatable bonds is 7. The molecule has 1 amide bonds. The molecule has 0 bridgehead atoms. The smallest absolute Gasteiger partial charge is 0.286 e. The quantitative estimate of drug-likeness (QED) is 0.603. The van der Waals surface area contributed by atoms with Gasteiger partial charge in [-0.15, -0.1) is 0 Å². The summed E-state index contributed by atoms with van der Waals surface area (Å²) in [6, 6.07) is 8.40. The Labute approximate surface area is 134 Å². The third kappa shape index (κ3) is 3.40. The molecule has 22 heavy (non-hydrogen) atoms. The van der Waals surface area contributed by atoms with Gasteiger partial charge in [0.25, 0.3) is 5.91 Å². The van der Waals surface area contributed by atoms with E-state index in [1.165, 1.54) is 36.2 Å². The van der Waals surface area contributed by atoms with E-state index >= 15 is 0 Å². The van der Waals surface area contributed by atoms with E-state index in [1.54, 1.807) is 0 Å². The molecule has 1 aromatic rings. The minimum atomic E-state index is -0.00198. The van der Waals surface area contributed by atoms with Gasteiger partial charge in [0.2, 0.25) is 12.2 Å². The summed E-state index contributed by atoms with van der Waals surface area (Å²) >= 11 is 0. The van der Waals surface area contributed by atoms with Crippen molar-refractivity contribution in [3.8, 4) is 0 Å². The van der Waals surface area contributed by atoms with Gasteiger partial charge in [-0.05, 0) is 20.3 Å². The number of hydrogen-bond donors (Lipinski definition) is 1. The normalized spacial score (nSPS) is 15.8. The summed E-state index contributed by atoms with van der Waals surface area (Å²) in [4.78, 5) is 12.2. The van der Waals surface area contributed by atoms with Crippen LogP contribution in [-0.2, 0) is 10.2 Å². The zero-order valence-corrected chi connectivity index (χ0v) is 14.4. The first-order chi connectivity index (χ1) is 10.5. The van der Waals surface area contributed by atoms with Crippen molar-refractivity contribution in [3.05, 3.63) is 29.8 Å². The van der Waals surface area contributed by atoms with Crippen LogP contribution >= 0.6 is 0 Å². The molecule has 1 aliphatic heterocycles. The van der Waals surface area contributed by atoms with Gasteiger partial charge in [0.15, 0.2) is 5.71 Å². The molecule has 1 heterocycles. The first-order valence-electron chi connectivity index (χ1n) is 8.46. The Hall–Kier alpha value is -1.64. The van der Waals surface area contributed by atoms with Gasteiger partial charge in [0.1, 0.15) is 0 Å². The maximum absolute atomic E-state index is 12.2. The van der Waals surface area contributed by atoms with E-state index < -0.39 is 0 Å². The SMILES string of the molecule is CCCCCCNC(=O)C[N+]1=C(C)C(C)(C)c2ccccc21. The van der Waals surface area contributed by atoms with Gasteiger partial charge < -0.3 is 5.32 Å². The molecule has 1 aromatic carbocycles. The van der Waals surface area contributed by atoms with Crippen molar-refractivity contribution >= 4 is 17.3 Å². The second-order valence-corrected chi connectivity index (χ2v) is 6.72.